The number of carbonyl (C=O) groups is 1. The first-order valence-electron chi connectivity index (χ1n) is 13.3. The summed E-state index contributed by atoms with van der Waals surface area (Å²) in [6.07, 6.45) is -4.70. The summed E-state index contributed by atoms with van der Waals surface area (Å²) in [7, 11) is -2.56. The Hall–Kier alpha value is -2.84. The van der Waals surface area contributed by atoms with Gasteiger partial charge in [0.15, 0.2) is 6.29 Å². The van der Waals surface area contributed by atoms with Gasteiger partial charge in [-0.15, -0.1) is 0 Å². The number of carbonyl (C=O) groups excluding carboxylic acids is 1. The van der Waals surface area contributed by atoms with Gasteiger partial charge in [0, 0.05) is 13.1 Å². The number of halogens is 2. The number of rotatable bonds is 12. The van der Waals surface area contributed by atoms with Crippen LogP contribution in [-0.2, 0) is 30.7 Å². The number of sulfonamides is 1. The van der Waals surface area contributed by atoms with Crippen molar-refractivity contribution < 1.29 is 46.0 Å². The van der Waals surface area contributed by atoms with Crippen molar-refractivity contribution in [3.05, 3.63) is 60.2 Å². The van der Waals surface area contributed by atoms with Crippen LogP contribution in [0, 0.1) is 11.8 Å². The zero-order valence-corrected chi connectivity index (χ0v) is 23.9. The smallest absolute Gasteiger partial charge is 0.407 e. The largest absolute Gasteiger partial charge is 0.497 e. The molecular weight excluding hydrogens is 562 g/mol. The third-order valence-electron chi connectivity index (χ3n) is 7.03. The van der Waals surface area contributed by atoms with Gasteiger partial charge in [-0.25, -0.2) is 22.0 Å². The summed E-state index contributed by atoms with van der Waals surface area (Å²) in [5, 5.41) is 13.9. The van der Waals surface area contributed by atoms with Crippen LogP contribution in [0.2, 0.25) is 0 Å². The summed E-state index contributed by atoms with van der Waals surface area (Å²) in [5.41, 5.74) is 0.755. The summed E-state index contributed by atoms with van der Waals surface area (Å²) in [6.45, 7) is 2.37. The molecule has 1 amide bonds. The number of methoxy groups -OCH3 is 1. The van der Waals surface area contributed by atoms with Crippen LogP contribution >= 0.6 is 0 Å². The van der Waals surface area contributed by atoms with E-state index in [1.807, 2.05) is 19.9 Å². The summed E-state index contributed by atoms with van der Waals surface area (Å²) < 4.78 is 77.5. The van der Waals surface area contributed by atoms with E-state index in [0.717, 1.165) is 5.56 Å². The molecule has 2 aromatic rings. The van der Waals surface area contributed by atoms with E-state index in [9.17, 15) is 27.1 Å². The zero-order valence-electron chi connectivity index (χ0n) is 23.1. The highest BCUT2D eigenvalue weighted by Gasteiger charge is 2.60. The average molecular weight is 599 g/mol. The molecular formula is C28H36F2N2O8S. The second-order valence-electron chi connectivity index (χ2n) is 10.6. The zero-order chi connectivity index (χ0) is 29.8. The van der Waals surface area contributed by atoms with Crippen LogP contribution in [-0.4, -0.2) is 87.8 Å². The van der Waals surface area contributed by atoms with Gasteiger partial charge in [0.25, 0.3) is 5.92 Å². The van der Waals surface area contributed by atoms with Gasteiger partial charge < -0.3 is 29.4 Å². The molecule has 2 N–H and O–H groups in total. The van der Waals surface area contributed by atoms with Gasteiger partial charge in [0.2, 0.25) is 10.0 Å². The quantitative estimate of drug-likeness (QED) is 0.382. The van der Waals surface area contributed by atoms with Gasteiger partial charge in [-0.2, -0.15) is 4.31 Å². The van der Waals surface area contributed by atoms with E-state index >= 15 is 0 Å². The molecule has 2 aliphatic heterocycles. The number of alkyl halides is 2. The highest BCUT2D eigenvalue weighted by atomic mass is 32.2. The second kappa shape index (κ2) is 13.0. The third-order valence-corrected chi connectivity index (χ3v) is 8.87. The van der Waals surface area contributed by atoms with E-state index in [4.69, 9.17) is 18.9 Å². The van der Waals surface area contributed by atoms with E-state index in [2.05, 4.69) is 5.32 Å². The molecule has 2 aromatic carbocycles. The Morgan fingerprint density at radius 3 is 2.44 bits per heavy atom. The Morgan fingerprint density at radius 2 is 1.80 bits per heavy atom. The summed E-state index contributed by atoms with van der Waals surface area (Å²) >= 11 is 0. The van der Waals surface area contributed by atoms with Crippen molar-refractivity contribution in [2.75, 3.05) is 33.4 Å². The predicted molar refractivity (Wildman–Crippen MR) is 144 cm³/mol. The van der Waals surface area contributed by atoms with Crippen LogP contribution in [0.1, 0.15) is 19.4 Å². The van der Waals surface area contributed by atoms with Gasteiger partial charge in [-0.1, -0.05) is 44.2 Å². The van der Waals surface area contributed by atoms with Crippen LogP contribution in [0.25, 0.3) is 0 Å². The maximum atomic E-state index is 14.3. The van der Waals surface area contributed by atoms with E-state index in [-0.39, 0.29) is 36.9 Å². The van der Waals surface area contributed by atoms with Gasteiger partial charge in [0.05, 0.1) is 30.8 Å². The fraction of sp³-hybridized carbons (Fsp3) is 0.536. The fourth-order valence-electron chi connectivity index (χ4n) is 4.98. The van der Waals surface area contributed by atoms with Crippen molar-refractivity contribution in [1.82, 2.24) is 9.62 Å². The molecule has 13 heteroatoms. The van der Waals surface area contributed by atoms with Crippen LogP contribution in [0.15, 0.2) is 59.5 Å². The molecule has 2 aliphatic rings. The molecule has 5 atom stereocenters. The van der Waals surface area contributed by atoms with Crippen LogP contribution < -0.4 is 10.1 Å². The number of hydrogen-bond acceptors (Lipinski definition) is 8. The lowest BCUT2D eigenvalue weighted by molar-refractivity contribution is -0.0953. The number of aliphatic hydroxyl groups is 1. The van der Waals surface area contributed by atoms with Crippen molar-refractivity contribution in [3.63, 3.8) is 0 Å². The highest BCUT2D eigenvalue weighted by Crippen LogP contribution is 2.43. The number of ether oxygens (including phenoxy) is 4. The lowest BCUT2D eigenvalue weighted by Gasteiger charge is -2.31. The van der Waals surface area contributed by atoms with E-state index < -0.39 is 59.1 Å². The van der Waals surface area contributed by atoms with Crippen molar-refractivity contribution in [3.8, 4) is 5.75 Å². The molecule has 0 saturated carbocycles. The Bertz CT molecular complexity index is 1260. The van der Waals surface area contributed by atoms with Crippen molar-refractivity contribution in [2.24, 2.45) is 11.8 Å². The molecule has 1 unspecified atom stereocenters. The molecule has 0 spiro atoms. The molecule has 0 bridgehead atoms. The minimum absolute atomic E-state index is 0.0219. The molecule has 41 heavy (non-hydrogen) atoms. The number of fused-ring (bicyclic) bond motifs is 1. The maximum absolute atomic E-state index is 14.3. The highest BCUT2D eigenvalue weighted by molar-refractivity contribution is 7.89. The van der Waals surface area contributed by atoms with E-state index in [0.29, 0.717) is 5.75 Å². The van der Waals surface area contributed by atoms with Crippen molar-refractivity contribution in [2.45, 2.75) is 55.6 Å². The van der Waals surface area contributed by atoms with Crippen LogP contribution in [0.5, 0.6) is 5.75 Å². The standard InChI is InChI=1S/C28H36F2N2O8S/c1-18(2)14-32(41(35,36)21-11-9-20(37-3)10-12-21)15-23(33)22(13-19-7-5-4-6-8-19)31-27(34)40-24-16-38-26-25(24)28(29,30)17-39-26/h4-12,18,22-26,33H,13-17H2,1-3H3,(H,31,34)/t22-,23+,24?,25-,26-/m0/s1. The molecule has 2 heterocycles. The first kappa shape index (κ1) is 31.1. The van der Waals surface area contributed by atoms with Crippen LogP contribution in [0.3, 0.4) is 0 Å². The van der Waals surface area contributed by atoms with Gasteiger partial charge in [-0.05, 0) is 42.2 Å². The minimum atomic E-state index is -4.03. The monoisotopic (exact) mass is 598 g/mol. The fourth-order valence-corrected chi connectivity index (χ4v) is 6.60. The molecule has 2 saturated heterocycles. The predicted octanol–water partition coefficient (Wildman–Crippen LogP) is 3.05. The average Bonchev–Trinajstić information content (AvgIpc) is 3.48. The number of aliphatic hydroxyl groups excluding tert-OH is 1. The Morgan fingerprint density at radius 1 is 1.12 bits per heavy atom. The number of nitrogens with zero attached hydrogens (tertiary/aromatic N) is 1. The minimum Gasteiger partial charge on any atom is -0.497 e. The van der Waals surface area contributed by atoms with Crippen molar-refractivity contribution >= 4 is 16.1 Å². The van der Waals surface area contributed by atoms with Crippen molar-refractivity contribution in [1.29, 1.82) is 0 Å². The third kappa shape index (κ3) is 7.52. The molecule has 0 aromatic heterocycles. The summed E-state index contributed by atoms with van der Waals surface area (Å²) in [6, 6.07) is 13.9. The summed E-state index contributed by atoms with van der Waals surface area (Å²) in [5.74, 6) is -4.25. The van der Waals surface area contributed by atoms with Gasteiger partial charge in [0.1, 0.15) is 24.4 Å². The molecule has 0 aliphatic carbocycles. The first-order valence-corrected chi connectivity index (χ1v) is 14.8. The maximum Gasteiger partial charge on any atom is 0.407 e. The number of alkyl carbamates (subject to hydrolysis) is 1. The number of nitrogens with one attached hydrogen (secondary N) is 1. The normalized spacial score (nSPS) is 23.3. The lowest BCUT2D eigenvalue weighted by atomic mass is 9.99. The Labute approximate surface area is 238 Å². The first-order chi connectivity index (χ1) is 19.4. The lowest BCUT2D eigenvalue weighted by Crippen LogP contribution is -2.52. The number of amides is 1. The molecule has 2 fully saturated rings. The molecule has 10 nitrogen and oxygen atoms in total. The van der Waals surface area contributed by atoms with E-state index in [1.54, 1.807) is 24.3 Å². The second-order valence-corrected chi connectivity index (χ2v) is 12.6. The molecule has 4 rings (SSSR count). The molecule has 0 radical (unpaired) electrons. The summed E-state index contributed by atoms with van der Waals surface area (Å²) in [4.78, 5) is 12.9. The van der Waals surface area contributed by atoms with Gasteiger partial charge in [-0.3, -0.25) is 0 Å². The molecule has 226 valence electrons. The Kier molecular flexibility index (Phi) is 9.85. The van der Waals surface area contributed by atoms with Gasteiger partial charge >= 0.3 is 6.09 Å². The van der Waals surface area contributed by atoms with E-state index in [1.165, 1.54) is 35.7 Å². The van der Waals surface area contributed by atoms with Crippen LogP contribution in [0.4, 0.5) is 13.6 Å². The topological polar surface area (TPSA) is 124 Å². The Balaban J connectivity index is 1.52. The number of hydrogen-bond donors (Lipinski definition) is 2. The SMILES string of the molecule is COc1ccc(S(=O)(=O)N(CC(C)C)C[C@@H](O)[C@H](Cc2ccccc2)NC(=O)OC2CO[C@H]3OCC(F)(F)[C@@H]23)cc1. The number of benzene rings is 2.